The van der Waals surface area contributed by atoms with E-state index < -0.39 is 5.60 Å². The van der Waals surface area contributed by atoms with E-state index in [-0.39, 0.29) is 17.9 Å². The Morgan fingerprint density at radius 2 is 2.21 bits per heavy atom. The minimum absolute atomic E-state index is 0.108. The van der Waals surface area contributed by atoms with Gasteiger partial charge in [0, 0.05) is 31.6 Å². The van der Waals surface area contributed by atoms with Crippen LogP contribution in [0, 0.1) is 0 Å². The molecule has 1 saturated carbocycles. The highest BCUT2D eigenvalue weighted by Gasteiger charge is 2.48. The van der Waals surface area contributed by atoms with Gasteiger partial charge < -0.3 is 15.1 Å². The third kappa shape index (κ3) is 2.74. The standard InChI is InChI=1S/C17H20N4O3/c22-15(19-12-4-3-5-12)14-10-17(24-20-14)7-9-21(11-17)16(23)13-6-1-2-8-18-13/h1-2,6,8,12H,3-5,7,9-11H2,(H,19,22)/t17-/m0/s1. The zero-order valence-electron chi connectivity index (χ0n) is 13.4. The molecule has 24 heavy (non-hydrogen) atoms. The van der Waals surface area contributed by atoms with Crippen molar-refractivity contribution in [2.45, 2.75) is 43.7 Å². The Morgan fingerprint density at radius 3 is 2.92 bits per heavy atom. The maximum absolute atomic E-state index is 12.5. The lowest BCUT2D eigenvalue weighted by Crippen LogP contribution is -2.44. The van der Waals surface area contributed by atoms with Gasteiger partial charge in [-0.25, -0.2) is 0 Å². The Morgan fingerprint density at radius 1 is 1.33 bits per heavy atom. The highest BCUT2D eigenvalue weighted by molar-refractivity contribution is 6.39. The number of hydrogen-bond acceptors (Lipinski definition) is 5. The van der Waals surface area contributed by atoms with E-state index in [1.807, 2.05) is 0 Å². The minimum atomic E-state index is -0.559. The molecule has 0 unspecified atom stereocenters. The smallest absolute Gasteiger partial charge is 0.272 e. The molecule has 7 heteroatoms. The van der Waals surface area contributed by atoms with Gasteiger partial charge in [-0.3, -0.25) is 14.6 Å². The van der Waals surface area contributed by atoms with E-state index in [0.29, 0.717) is 37.3 Å². The molecular formula is C17H20N4O3. The van der Waals surface area contributed by atoms with E-state index in [2.05, 4.69) is 15.5 Å². The molecule has 0 radical (unpaired) electrons. The Labute approximate surface area is 140 Å². The lowest BCUT2D eigenvalue weighted by atomic mass is 9.92. The summed E-state index contributed by atoms with van der Waals surface area (Å²) in [5.41, 5.74) is 0.307. The van der Waals surface area contributed by atoms with Crippen LogP contribution in [-0.2, 0) is 9.63 Å². The highest BCUT2D eigenvalue weighted by Crippen LogP contribution is 2.34. The van der Waals surface area contributed by atoms with Crippen LogP contribution in [0.1, 0.15) is 42.6 Å². The molecule has 4 rings (SSSR count). The molecule has 2 aliphatic heterocycles. The van der Waals surface area contributed by atoms with Crippen LogP contribution < -0.4 is 5.32 Å². The summed E-state index contributed by atoms with van der Waals surface area (Å²) in [4.78, 5) is 36.1. The Hall–Kier alpha value is -2.44. The molecule has 1 atom stereocenters. The first-order valence-corrected chi connectivity index (χ1v) is 8.41. The normalized spacial score (nSPS) is 26.0. The minimum Gasteiger partial charge on any atom is -0.386 e. The summed E-state index contributed by atoms with van der Waals surface area (Å²) < 4.78 is 0. The number of carbonyl (C=O) groups is 2. The summed E-state index contributed by atoms with van der Waals surface area (Å²) in [5.74, 6) is -0.241. The van der Waals surface area contributed by atoms with Crippen LogP contribution in [0.2, 0.25) is 0 Å². The van der Waals surface area contributed by atoms with Crippen LogP contribution in [0.25, 0.3) is 0 Å². The SMILES string of the molecule is O=C(NC1CCC1)C1=NO[C@@]2(CCN(C(=O)c3ccccn3)C2)C1. The van der Waals surface area contributed by atoms with Gasteiger partial charge in [-0.2, -0.15) is 0 Å². The number of hydrogen-bond donors (Lipinski definition) is 1. The Bertz CT molecular complexity index is 686. The summed E-state index contributed by atoms with van der Waals surface area (Å²) in [6.07, 6.45) is 5.99. The molecule has 1 aromatic heterocycles. The van der Waals surface area contributed by atoms with Crippen LogP contribution in [0.4, 0.5) is 0 Å². The third-order valence-corrected chi connectivity index (χ3v) is 5.03. The zero-order chi connectivity index (χ0) is 16.6. The number of carbonyl (C=O) groups excluding carboxylic acids is 2. The fourth-order valence-corrected chi connectivity index (χ4v) is 3.35. The molecule has 2 fully saturated rings. The van der Waals surface area contributed by atoms with Crippen LogP contribution >= 0.6 is 0 Å². The largest absolute Gasteiger partial charge is 0.386 e. The zero-order valence-corrected chi connectivity index (χ0v) is 13.4. The van der Waals surface area contributed by atoms with Crippen molar-refractivity contribution < 1.29 is 14.4 Å². The van der Waals surface area contributed by atoms with Gasteiger partial charge in [0.25, 0.3) is 11.8 Å². The van der Waals surface area contributed by atoms with Crippen molar-refractivity contribution in [1.29, 1.82) is 0 Å². The molecule has 1 spiro atoms. The number of nitrogens with zero attached hydrogens (tertiary/aromatic N) is 3. The lowest BCUT2D eigenvalue weighted by Gasteiger charge is -2.26. The van der Waals surface area contributed by atoms with E-state index in [1.54, 1.807) is 29.3 Å². The first kappa shape index (κ1) is 15.1. The molecule has 1 aromatic rings. The monoisotopic (exact) mass is 328 g/mol. The van der Waals surface area contributed by atoms with Crippen molar-refractivity contribution in [2.75, 3.05) is 13.1 Å². The summed E-state index contributed by atoms with van der Waals surface area (Å²) in [7, 11) is 0. The molecule has 126 valence electrons. The van der Waals surface area contributed by atoms with Gasteiger partial charge in [0.2, 0.25) is 0 Å². The fourth-order valence-electron chi connectivity index (χ4n) is 3.35. The first-order chi connectivity index (χ1) is 11.7. The van der Waals surface area contributed by atoms with Crippen molar-refractivity contribution in [3.63, 3.8) is 0 Å². The summed E-state index contributed by atoms with van der Waals surface area (Å²) in [6, 6.07) is 5.56. The first-order valence-electron chi connectivity index (χ1n) is 8.41. The maximum atomic E-state index is 12.5. The number of amides is 2. The second-order valence-electron chi connectivity index (χ2n) is 6.78. The maximum Gasteiger partial charge on any atom is 0.272 e. The van der Waals surface area contributed by atoms with Crippen molar-refractivity contribution >= 4 is 17.5 Å². The molecule has 3 aliphatic rings. The van der Waals surface area contributed by atoms with Crippen LogP contribution in [0.5, 0.6) is 0 Å². The van der Waals surface area contributed by atoms with Gasteiger partial charge in [-0.05, 0) is 31.4 Å². The summed E-state index contributed by atoms with van der Waals surface area (Å²) in [6.45, 7) is 1.02. The number of oxime groups is 1. The number of aromatic nitrogens is 1. The van der Waals surface area contributed by atoms with E-state index in [0.717, 1.165) is 12.8 Å². The predicted molar refractivity (Wildman–Crippen MR) is 86.4 cm³/mol. The van der Waals surface area contributed by atoms with E-state index >= 15 is 0 Å². The van der Waals surface area contributed by atoms with Crippen molar-refractivity contribution in [1.82, 2.24) is 15.2 Å². The molecular weight excluding hydrogens is 308 g/mol. The third-order valence-electron chi connectivity index (χ3n) is 5.03. The van der Waals surface area contributed by atoms with Crippen LogP contribution in [0.3, 0.4) is 0 Å². The Kier molecular flexibility index (Phi) is 3.70. The predicted octanol–water partition coefficient (Wildman–Crippen LogP) is 1.11. The van der Waals surface area contributed by atoms with E-state index in [9.17, 15) is 9.59 Å². The molecule has 0 bridgehead atoms. The molecule has 1 N–H and O–H groups in total. The van der Waals surface area contributed by atoms with E-state index in [4.69, 9.17) is 4.84 Å². The van der Waals surface area contributed by atoms with Gasteiger partial charge in [0.1, 0.15) is 11.4 Å². The van der Waals surface area contributed by atoms with Crippen LogP contribution in [0.15, 0.2) is 29.6 Å². The molecule has 0 aromatic carbocycles. The van der Waals surface area contributed by atoms with Gasteiger partial charge in [0.15, 0.2) is 5.60 Å². The second kappa shape index (κ2) is 5.89. The highest BCUT2D eigenvalue weighted by atomic mass is 16.7. The van der Waals surface area contributed by atoms with Gasteiger partial charge >= 0.3 is 0 Å². The fraction of sp³-hybridized carbons (Fsp3) is 0.529. The average Bonchev–Trinajstić information content (AvgIpc) is 3.18. The number of pyridine rings is 1. The molecule has 3 heterocycles. The van der Waals surface area contributed by atoms with Gasteiger partial charge in [-0.15, -0.1) is 0 Å². The average molecular weight is 328 g/mol. The van der Waals surface area contributed by atoms with Crippen molar-refractivity contribution in [2.24, 2.45) is 5.16 Å². The van der Waals surface area contributed by atoms with Crippen LogP contribution in [-0.4, -0.2) is 52.1 Å². The molecule has 1 saturated heterocycles. The quantitative estimate of drug-likeness (QED) is 0.901. The number of nitrogens with one attached hydrogen (secondary N) is 1. The Balaban J connectivity index is 1.37. The molecule has 1 aliphatic carbocycles. The second-order valence-corrected chi connectivity index (χ2v) is 6.78. The number of rotatable bonds is 3. The topological polar surface area (TPSA) is 83.9 Å². The van der Waals surface area contributed by atoms with Gasteiger partial charge in [-0.1, -0.05) is 11.2 Å². The molecule has 2 amide bonds. The lowest BCUT2D eigenvalue weighted by molar-refractivity contribution is -0.116. The summed E-state index contributed by atoms with van der Waals surface area (Å²) >= 11 is 0. The number of likely N-dealkylation sites (tertiary alicyclic amines) is 1. The van der Waals surface area contributed by atoms with Gasteiger partial charge in [0.05, 0.1) is 6.54 Å². The molecule has 7 nitrogen and oxygen atoms in total. The van der Waals surface area contributed by atoms with E-state index in [1.165, 1.54) is 6.42 Å². The van der Waals surface area contributed by atoms with Crippen molar-refractivity contribution in [3.05, 3.63) is 30.1 Å². The summed E-state index contributed by atoms with van der Waals surface area (Å²) in [5, 5.41) is 6.98. The van der Waals surface area contributed by atoms with Crippen molar-refractivity contribution in [3.8, 4) is 0 Å².